The first kappa shape index (κ1) is 33.5. The van der Waals surface area contributed by atoms with Gasteiger partial charge in [0.25, 0.3) is 0 Å². The Morgan fingerprint density at radius 2 is 0.915 bits per heavy atom. The number of fused-ring (bicyclic) bond motifs is 8. The zero-order chi connectivity index (χ0) is 38.9. The number of nitrogens with zero attached hydrogens (tertiary/aromatic N) is 5. The summed E-state index contributed by atoms with van der Waals surface area (Å²) in [6.45, 7) is 0. The third-order valence-electron chi connectivity index (χ3n) is 11.4. The summed E-state index contributed by atoms with van der Waals surface area (Å²) >= 11 is 1.82. The predicted molar refractivity (Wildman–Crippen MR) is 246 cm³/mol. The van der Waals surface area contributed by atoms with Gasteiger partial charge in [-0.2, -0.15) is 0 Å². The maximum atomic E-state index is 5.22. The van der Waals surface area contributed by atoms with E-state index in [-0.39, 0.29) is 0 Å². The molecular weight excluding hydrogens is 739 g/mol. The topological polar surface area (TPSA) is 48.5 Å². The first-order valence-corrected chi connectivity index (χ1v) is 20.6. The van der Waals surface area contributed by atoms with Gasteiger partial charge in [-0.05, 0) is 59.7 Å². The average molecular weight is 772 g/mol. The highest BCUT2D eigenvalue weighted by Gasteiger charge is 2.26. The Labute approximate surface area is 343 Å². The summed E-state index contributed by atoms with van der Waals surface area (Å²) < 4.78 is 7.33. The number of benzene rings is 8. The number of thiophene rings is 1. The molecule has 0 aliphatic rings. The highest BCUT2D eigenvalue weighted by atomic mass is 32.1. The third kappa shape index (κ3) is 5.34. The van der Waals surface area contributed by atoms with Gasteiger partial charge >= 0.3 is 0 Å². The summed E-state index contributed by atoms with van der Waals surface area (Å²) in [6.07, 6.45) is 0. The molecule has 4 aromatic heterocycles. The zero-order valence-electron chi connectivity index (χ0n) is 31.7. The van der Waals surface area contributed by atoms with Crippen molar-refractivity contribution in [3.05, 3.63) is 200 Å². The first-order valence-electron chi connectivity index (χ1n) is 19.8. The van der Waals surface area contributed by atoms with Crippen molar-refractivity contribution in [3.63, 3.8) is 0 Å². The second kappa shape index (κ2) is 13.5. The lowest BCUT2D eigenvalue weighted by molar-refractivity contribution is 1.08. The van der Waals surface area contributed by atoms with Crippen molar-refractivity contribution in [2.24, 2.45) is 0 Å². The molecule has 12 rings (SSSR count). The molecule has 0 N–H and O–H groups in total. The fraction of sp³-hybridized carbons (Fsp3) is 0. The van der Waals surface area contributed by atoms with Gasteiger partial charge in [0.05, 0.1) is 32.5 Å². The van der Waals surface area contributed by atoms with Gasteiger partial charge in [0.15, 0.2) is 17.5 Å². The van der Waals surface area contributed by atoms with Crippen LogP contribution < -0.4 is 0 Å². The maximum absolute atomic E-state index is 5.22. The molecule has 0 spiro atoms. The quantitative estimate of drug-likeness (QED) is 0.169. The fourth-order valence-corrected chi connectivity index (χ4v) is 9.98. The number of para-hydroxylation sites is 2. The van der Waals surface area contributed by atoms with E-state index in [1.807, 2.05) is 47.7 Å². The van der Waals surface area contributed by atoms with E-state index in [2.05, 4.69) is 173 Å². The SMILES string of the molecule is c1ccc(-c2ccc3c(c2)c2c(c4ccccc4n2-c2ccc(-c4nc(-c5ccccc5)nc(-c5ccccc5)n4)c4c2sc2ccccc24)n3-c2ccccc2)cc1. The van der Waals surface area contributed by atoms with E-state index in [9.17, 15) is 0 Å². The van der Waals surface area contributed by atoms with E-state index in [0.29, 0.717) is 17.5 Å². The van der Waals surface area contributed by atoms with Gasteiger partial charge in [-0.25, -0.2) is 15.0 Å². The lowest BCUT2D eigenvalue weighted by Crippen LogP contribution is -2.01. The standard InChI is InChI=1S/C53H33N5S/c1-5-17-34(18-6-1)37-29-31-44-42(33-37)49-48(57(44)38-23-11-4-12-24-38)39-25-13-15-27-43(39)58(49)45-32-30-41(47-40-26-14-16-28-46(40)59-50(45)47)53-55-51(35-19-7-2-8-20-35)54-52(56-53)36-21-9-3-10-22-36/h1-33H. The normalized spacial score (nSPS) is 11.7. The van der Waals surface area contributed by atoms with Gasteiger partial charge < -0.3 is 9.13 Å². The highest BCUT2D eigenvalue weighted by Crippen LogP contribution is 2.47. The van der Waals surface area contributed by atoms with E-state index < -0.39 is 0 Å². The molecule has 276 valence electrons. The molecule has 0 aliphatic carbocycles. The summed E-state index contributed by atoms with van der Waals surface area (Å²) in [5.74, 6) is 1.94. The molecule has 0 fully saturated rings. The van der Waals surface area contributed by atoms with Crippen LogP contribution in [-0.2, 0) is 0 Å². The molecule has 0 aliphatic heterocycles. The summed E-state index contributed by atoms with van der Waals surface area (Å²) in [4.78, 5) is 15.4. The Hall–Kier alpha value is -7.67. The molecule has 8 aromatic carbocycles. The van der Waals surface area contributed by atoms with Gasteiger partial charge in [-0.1, -0.05) is 152 Å². The highest BCUT2D eigenvalue weighted by molar-refractivity contribution is 7.26. The Morgan fingerprint density at radius 1 is 0.373 bits per heavy atom. The van der Waals surface area contributed by atoms with Gasteiger partial charge in [0.1, 0.15) is 0 Å². The molecule has 4 heterocycles. The molecule has 0 saturated heterocycles. The molecule has 12 aromatic rings. The molecule has 0 amide bonds. The Morgan fingerprint density at radius 3 is 1.61 bits per heavy atom. The van der Waals surface area contributed by atoms with Crippen molar-refractivity contribution >= 4 is 64.3 Å². The molecule has 0 saturated carbocycles. The van der Waals surface area contributed by atoms with Crippen molar-refractivity contribution in [1.29, 1.82) is 0 Å². The number of aromatic nitrogens is 5. The maximum Gasteiger partial charge on any atom is 0.164 e. The minimum atomic E-state index is 0.646. The van der Waals surface area contributed by atoms with Crippen LogP contribution >= 0.6 is 11.3 Å². The number of hydrogen-bond acceptors (Lipinski definition) is 4. The second-order valence-corrected chi connectivity index (χ2v) is 15.8. The van der Waals surface area contributed by atoms with Crippen LogP contribution in [-0.4, -0.2) is 24.1 Å². The number of rotatable bonds is 6. The lowest BCUT2D eigenvalue weighted by Gasteiger charge is -2.13. The molecule has 5 nitrogen and oxygen atoms in total. The molecule has 0 radical (unpaired) electrons. The average Bonchev–Trinajstić information content (AvgIpc) is 3.98. The Balaban J connectivity index is 1.19. The van der Waals surface area contributed by atoms with Crippen molar-refractivity contribution < 1.29 is 0 Å². The van der Waals surface area contributed by atoms with Crippen molar-refractivity contribution in [2.45, 2.75) is 0 Å². The van der Waals surface area contributed by atoms with Crippen LogP contribution in [0.15, 0.2) is 200 Å². The van der Waals surface area contributed by atoms with Gasteiger partial charge in [-0.15, -0.1) is 11.3 Å². The number of hydrogen-bond donors (Lipinski definition) is 0. The first-order chi connectivity index (χ1) is 29.3. The minimum Gasteiger partial charge on any atom is -0.307 e. The second-order valence-electron chi connectivity index (χ2n) is 14.8. The van der Waals surface area contributed by atoms with Crippen LogP contribution in [0.25, 0.3) is 110 Å². The van der Waals surface area contributed by atoms with Crippen LogP contribution in [0.4, 0.5) is 0 Å². The molecule has 6 heteroatoms. The molecule has 0 atom stereocenters. The molecule has 0 bridgehead atoms. The van der Waals surface area contributed by atoms with Gasteiger partial charge in [-0.3, -0.25) is 0 Å². The zero-order valence-corrected chi connectivity index (χ0v) is 32.5. The summed E-state index contributed by atoms with van der Waals surface area (Å²) in [5.41, 5.74) is 12.2. The van der Waals surface area contributed by atoms with Crippen LogP contribution in [0.5, 0.6) is 0 Å². The minimum absolute atomic E-state index is 0.646. The molecule has 59 heavy (non-hydrogen) atoms. The smallest absolute Gasteiger partial charge is 0.164 e. The van der Waals surface area contributed by atoms with Crippen LogP contribution in [0.1, 0.15) is 0 Å². The summed E-state index contributed by atoms with van der Waals surface area (Å²) in [6, 6.07) is 70.8. The van der Waals surface area contributed by atoms with Crippen LogP contribution in [0.3, 0.4) is 0 Å². The fourth-order valence-electron chi connectivity index (χ4n) is 8.75. The van der Waals surface area contributed by atoms with Gasteiger partial charge in [0, 0.05) is 48.6 Å². The summed E-state index contributed by atoms with van der Waals surface area (Å²) in [5, 5.41) is 4.70. The van der Waals surface area contributed by atoms with Crippen LogP contribution in [0, 0.1) is 0 Å². The van der Waals surface area contributed by atoms with E-state index in [0.717, 1.165) is 44.5 Å². The van der Waals surface area contributed by atoms with Gasteiger partial charge in [0.2, 0.25) is 0 Å². The van der Waals surface area contributed by atoms with Crippen molar-refractivity contribution in [3.8, 4) is 56.7 Å². The Bertz CT molecular complexity index is 3480. The van der Waals surface area contributed by atoms with E-state index in [1.54, 1.807) is 0 Å². The van der Waals surface area contributed by atoms with Crippen LogP contribution in [0.2, 0.25) is 0 Å². The summed E-state index contributed by atoms with van der Waals surface area (Å²) in [7, 11) is 0. The predicted octanol–water partition coefficient (Wildman–Crippen LogP) is 13.9. The monoisotopic (exact) mass is 771 g/mol. The van der Waals surface area contributed by atoms with E-state index in [4.69, 9.17) is 15.0 Å². The van der Waals surface area contributed by atoms with Crippen molar-refractivity contribution in [2.75, 3.05) is 0 Å². The van der Waals surface area contributed by atoms with E-state index >= 15 is 0 Å². The largest absolute Gasteiger partial charge is 0.307 e. The lowest BCUT2D eigenvalue weighted by atomic mass is 10.0. The third-order valence-corrected chi connectivity index (χ3v) is 12.6. The van der Waals surface area contributed by atoms with Crippen molar-refractivity contribution in [1.82, 2.24) is 24.1 Å². The molecular formula is C53H33N5S. The molecule has 0 unspecified atom stereocenters. The Kier molecular flexibility index (Phi) is 7.64. The van der Waals surface area contributed by atoms with E-state index in [1.165, 1.54) is 47.7 Å².